The number of imidazole rings is 1. The predicted octanol–water partition coefficient (Wildman–Crippen LogP) is 2.58. The minimum Gasteiger partial charge on any atom is -0.342 e. The molecular formula is C19H21N5O. The molecule has 0 bridgehead atoms. The van der Waals surface area contributed by atoms with Crippen LogP contribution < -0.4 is 5.32 Å². The minimum atomic E-state index is -0.143. The van der Waals surface area contributed by atoms with Crippen molar-refractivity contribution in [2.45, 2.75) is 31.8 Å². The number of carbonyl (C=O) groups is 1. The van der Waals surface area contributed by atoms with Gasteiger partial charge in [0.15, 0.2) is 0 Å². The minimum absolute atomic E-state index is 0.103. The summed E-state index contributed by atoms with van der Waals surface area (Å²) in [5, 5.41) is 7.51. The van der Waals surface area contributed by atoms with Gasteiger partial charge in [-0.3, -0.25) is 9.48 Å². The number of benzene rings is 1. The molecule has 0 fully saturated rings. The van der Waals surface area contributed by atoms with E-state index in [0.29, 0.717) is 5.69 Å². The highest BCUT2D eigenvalue weighted by Gasteiger charge is 2.32. The molecule has 0 spiro atoms. The standard InChI is InChI=1S/C19H21N5O/c1-13-11-16(22-23(13)2)19(25)21-18-15-6-4-3-5-14(15)7-8-17(18)24-10-9-20-12-24/h3-6,9-12,17-18H,7-8H2,1-2H3,(H,21,25)/t17-,18+/m0/s1. The van der Waals surface area contributed by atoms with Gasteiger partial charge in [-0.1, -0.05) is 24.3 Å². The van der Waals surface area contributed by atoms with Crippen molar-refractivity contribution in [2.24, 2.45) is 7.05 Å². The van der Waals surface area contributed by atoms with E-state index in [1.807, 2.05) is 38.6 Å². The van der Waals surface area contributed by atoms with Crippen LogP contribution >= 0.6 is 0 Å². The number of nitrogens with one attached hydrogen (secondary N) is 1. The lowest BCUT2D eigenvalue weighted by molar-refractivity contribution is 0.0912. The van der Waals surface area contributed by atoms with Crippen molar-refractivity contribution in [3.63, 3.8) is 0 Å². The van der Waals surface area contributed by atoms with E-state index in [4.69, 9.17) is 0 Å². The number of nitrogens with zero attached hydrogens (tertiary/aromatic N) is 4. The monoisotopic (exact) mass is 335 g/mol. The SMILES string of the molecule is Cc1cc(C(=O)N[C@@H]2c3ccccc3CC[C@@H]2n2ccnc2)nn1C. The molecule has 0 saturated heterocycles. The van der Waals surface area contributed by atoms with E-state index >= 15 is 0 Å². The molecule has 0 aliphatic heterocycles. The highest BCUT2D eigenvalue weighted by molar-refractivity contribution is 5.92. The van der Waals surface area contributed by atoms with Crippen molar-refractivity contribution in [3.05, 3.63) is 71.6 Å². The summed E-state index contributed by atoms with van der Waals surface area (Å²) in [5.41, 5.74) is 3.88. The molecule has 25 heavy (non-hydrogen) atoms. The van der Waals surface area contributed by atoms with Gasteiger partial charge in [-0.2, -0.15) is 5.10 Å². The average molecular weight is 335 g/mol. The van der Waals surface area contributed by atoms with Gasteiger partial charge >= 0.3 is 0 Å². The van der Waals surface area contributed by atoms with Gasteiger partial charge in [-0.25, -0.2) is 4.98 Å². The van der Waals surface area contributed by atoms with Crippen molar-refractivity contribution in [2.75, 3.05) is 0 Å². The molecule has 0 radical (unpaired) electrons. The van der Waals surface area contributed by atoms with Crippen molar-refractivity contribution in [3.8, 4) is 0 Å². The Bertz CT molecular complexity index is 877. The second kappa shape index (κ2) is 6.20. The molecule has 1 aromatic carbocycles. The lowest BCUT2D eigenvalue weighted by Gasteiger charge is -2.34. The molecule has 1 amide bonds. The first-order valence-corrected chi connectivity index (χ1v) is 8.50. The topological polar surface area (TPSA) is 64.7 Å². The van der Waals surface area contributed by atoms with Gasteiger partial charge in [0.05, 0.1) is 18.4 Å². The summed E-state index contributed by atoms with van der Waals surface area (Å²) in [6, 6.07) is 10.2. The third kappa shape index (κ3) is 2.84. The molecule has 1 N–H and O–H groups in total. The van der Waals surface area contributed by atoms with Crippen LogP contribution in [0.3, 0.4) is 0 Å². The molecule has 6 nitrogen and oxygen atoms in total. The fraction of sp³-hybridized carbons (Fsp3) is 0.316. The summed E-state index contributed by atoms with van der Waals surface area (Å²) >= 11 is 0. The van der Waals surface area contributed by atoms with Crippen LogP contribution in [0.15, 0.2) is 49.1 Å². The van der Waals surface area contributed by atoms with Crippen LogP contribution in [0.5, 0.6) is 0 Å². The third-order valence-corrected chi connectivity index (χ3v) is 5.03. The molecule has 4 rings (SSSR count). The number of hydrogen-bond donors (Lipinski definition) is 1. The van der Waals surface area contributed by atoms with Gasteiger partial charge in [0.1, 0.15) is 5.69 Å². The van der Waals surface area contributed by atoms with Crippen LogP contribution in [0, 0.1) is 6.92 Å². The van der Waals surface area contributed by atoms with Crippen LogP contribution in [-0.2, 0) is 13.5 Å². The van der Waals surface area contributed by atoms with Crippen LogP contribution in [0.25, 0.3) is 0 Å². The van der Waals surface area contributed by atoms with Crippen molar-refractivity contribution in [1.82, 2.24) is 24.6 Å². The first kappa shape index (κ1) is 15.6. The summed E-state index contributed by atoms with van der Waals surface area (Å²) in [6.45, 7) is 1.94. The van der Waals surface area contributed by atoms with E-state index in [2.05, 4.69) is 38.2 Å². The van der Waals surface area contributed by atoms with Crippen LogP contribution in [0.2, 0.25) is 0 Å². The Morgan fingerprint density at radius 1 is 1.32 bits per heavy atom. The number of amides is 1. The Kier molecular flexibility index (Phi) is 3.87. The maximum Gasteiger partial charge on any atom is 0.272 e. The first-order valence-electron chi connectivity index (χ1n) is 8.50. The van der Waals surface area contributed by atoms with E-state index in [1.165, 1.54) is 11.1 Å². The lowest BCUT2D eigenvalue weighted by atomic mass is 9.83. The van der Waals surface area contributed by atoms with Gasteiger partial charge in [0.25, 0.3) is 5.91 Å². The van der Waals surface area contributed by atoms with Gasteiger partial charge in [0, 0.05) is 25.1 Å². The van der Waals surface area contributed by atoms with E-state index in [-0.39, 0.29) is 18.0 Å². The second-order valence-electron chi connectivity index (χ2n) is 6.56. The quantitative estimate of drug-likeness (QED) is 0.800. The summed E-state index contributed by atoms with van der Waals surface area (Å²) in [7, 11) is 1.84. The van der Waals surface area contributed by atoms with E-state index in [1.54, 1.807) is 10.9 Å². The molecule has 2 atom stereocenters. The summed E-state index contributed by atoms with van der Waals surface area (Å²) in [4.78, 5) is 17.0. The first-order chi connectivity index (χ1) is 12.1. The maximum atomic E-state index is 12.8. The third-order valence-electron chi connectivity index (χ3n) is 5.03. The zero-order chi connectivity index (χ0) is 17.4. The molecule has 2 aromatic heterocycles. The molecule has 2 heterocycles. The van der Waals surface area contributed by atoms with Crippen LogP contribution in [0.4, 0.5) is 0 Å². The van der Waals surface area contributed by atoms with Gasteiger partial charge in [-0.15, -0.1) is 0 Å². The number of rotatable bonds is 3. The van der Waals surface area contributed by atoms with Gasteiger partial charge in [-0.05, 0) is 37.0 Å². The van der Waals surface area contributed by atoms with E-state index in [9.17, 15) is 4.79 Å². The van der Waals surface area contributed by atoms with Gasteiger partial charge in [0.2, 0.25) is 0 Å². The Morgan fingerprint density at radius 3 is 2.88 bits per heavy atom. The molecule has 1 aliphatic carbocycles. The molecule has 6 heteroatoms. The fourth-order valence-corrected chi connectivity index (χ4v) is 3.59. The van der Waals surface area contributed by atoms with Crippen molar-refractivity contribution in [1.29, 1.82) is 0 Å². The predicted molar refractivity (Wildman–Crippen MR) is 94.2 cm³/mol. The number of fused-ring (bicyclic) bond motifs is 1. The number of carbonyl (C=O) groups excluding carboxylic acids is 1. The number of aromatic nitrogens is 4. The second-order valence-corrected chi connectivity index (χ2v) is 6.56. The summed E-state index contributed by atoms with van der Waals surface area (Å²) in [5.74, 6) is -0.143. The number of aryl methyl sites for hydroxylation is 3. The van der Waals surface area contributed by atoms with Gasteiger partial charge < -0.3 is 9.88 Å². The Balaban J connectivity index is 1.68. The zero-order valence-electron chi connectivity index (χ0n) is 14.4. The lowest BCUT2D eigenvalue weighted by Crippen LogP contribution is -2.37. The van der Waals surface area contributed by atoms with E-state index < -0.39 is 0 Å². The van der Waals surface area contributed by atoms with E-state index in [0.717, 1.165) is 18.5 Å². The van der Waals surface area contributed by atoms with Crippen LogP contribution in [0.1, 0.15) is 45.8 Å². The highest BCUT2D eigenvalue weighted by Crippen LogP contribution is 2.37. The van der Waals surface area contributed by atoms with Crippen molar-refractivity contribution >= 4 is 5.91 Å². The number of hydrogen-bond acceptors (Lipinski definition) is 3. The Labute approximate surface area is 146 Å². The molecule has 0 saturated carbocycles. The zero-order valence-corrected chi connectivity index (χ0v) is 14.4. The fourth-order valence-electron chi connectivity index (χ4n) is 3.59. The Hall–Kier alpha value is -2.89. The molecule has 0 unspecified atom stereocenters. The maximum absolute atomic E-state index is 12.8. The van der Waals surface area contributed by atoms with Crippen molar-refractivity contribution < 1.29 is 4.79 Å². The molecule has 3 aromatic rings. The normalized spacial score (nSPS) is 19.4. The highest BCUT2D eigenvalue weighted by atomic mass is 16.2. The summed E-state index contributed by atoms with van der Waals surface area (Å²) < 4.78 is 3.81. The Morgan fingerprint density at radius 2 is 2.16 bits per heavy atom. The molecule has 1 aliphatic rings. The average Bonchev–Trinajstić information content (AvgIpc) is 3.26. The molecule has 128 valence electrons. The molecular weight excluding hydrogens is 314 g/mol. The summed E-state index contributed by atoms with van der Waals surface area (Å²) in [6.07, 6.45) is 7.51. The largest absolute Gasteiger partial charge is 0.342 e. The van der Waals surface area contributed by atoms with Crippen LogP contribution in [-0.4, -0.2) is 25.2 Å². The smallest absolute Gasteiger partial charge is 0.272 e.